The van der Waals surface area contributed by atoms with E-state index in [4.69, 9.17) is 0 Å². The zero-order valence-corrected chi connectivity index (χ0v) is 10.7. The number of hydrogen-bond acceptors (Lipinski definition) is 3. The molecule has 1 heterocycles. The molecule has 0 radical (unpaired) electrons. The number of thiazole rings is 1. The van der Waals surface area contributed by atoms with Crippen LogP contribution in [-0.2, 0) is 6.54 Å². The molecule has 0 atom stereocenters. The Labute approximate surface area is 100 Å². The molecule has 0 aliphatic carbocycles. The van der Waals surface area contributed by atoms with Crippen LogP contribution >= 0.6 is 11.3 Å². The Morgan fingerprint density at radius 1 is 1.31 bits per heavy atom. The molecule has 1 aromatic heterocycles. The van der Waals surface area contributed by atoms with E-state index in [1.54, 1.807) is 11.3 Å². The molecule has 0 bridgehead atoms. The zero-order valence-electron chi connectivity index (χ0n) is 9.87. The predicted molar refractivity (Wildman–Crippen MR) is 69.8 cm³/mol. The molecule has 0 saturated heterocycles. The number of rotatable bonds is 3. The Morgan fingerprint density at radius 2 is 2.12 bits per heavy atom. The van der Waals surface area contributed by atoms with Crippen molar-refractivity contribution in [1.82, 2.24) is 10.3 Å². The average Bonchev–Trinajstić information content (AvgIpc) is 2.67. The maximum absolute atomic E-state index is 4.40. The van der Waals surface area contributed by atoms with E-state index in [-0.39, 0.29) is 0 Å². The monoisotopic (exact) mass is 232 g/mol. The molecule has 0 amide bonds. The maximum Gasteiger partial charge on any atom is 0.107 e. The summed E-state index contributed by atoms with van der Waals surface area (Å²) in [6.45, 7) is 5.12. The molecule has 0 fully saturated rings. The average molecular weight is 232 g/mol. The summed E-state index contributed by atoms with van der Waals surface area (Å²) in [5, 5.41) is 4.26. The Bertz CT molecular complexity index is 488. The van der Waals surface area contributed by atoms with Crippen LogP contribution in [0, 0.1) is 13.8 Å². The fraction of sp³-hybridized carbons (Fsp3) is 0.308. The lowest BCUT2D eigenvalue weighted by molar-refractivity contribution is 0.810. The topological polar surface area (TPSA) is 24.9 Å². The highest BCUT2D eigenvalue weighted by Crippen LogP contribution is 2.29. The van der Waals surface area contributed by atoms with Crippen LogP contribution in [0.1, 0.15) is 16.1 Å². The van der Waals surface area contributed by atoms with Crippen LogP contribution in [0.3, 0.4) is 0 Å². The van der Waals surface area contributed by atoms with Crippen molar-refractivity contribution in [3.05, 3.63) is 40.5 Å². The summed E-state index contributed by atoms with van der Waals surface area (Å²) in [5.74, 6) is 0. The SMILES string of the molecule is CNCc1ncc(-c2ccc(C)cc2C)s1. The van der Waals surface area contributed by atoms with Gasteiger partial charge in [-0.1, -0.05) is 23.8 Å². The fourth-order valence-corrected chi connectivity index (χ4v) is 2.78. The van der Waals surface area contributed by atoms with E-state index < -0.39 is 0 Å². The van der Waals surface area contributed by atoms with Gasteiger partial charge in [0, 0.05) is 12.7 Å². The molecule has 0 unspecified atom stereocenters. The van der Waals surface area contributed by atoms with Gasteiger partial charge < -0.3 is 5.32 Å². The summed E-state index contributed by atoms with van der Waals surface area (Å²) >= 11 is 1.76. The van der Waals surface area contributed by atoms with E-state index in [1.165, 1.54) is 21.6 Å². The quantitative estimate of drug-likeness (QED) is 0.879. The van der Waals surface area contributed by atoms with Crippen LogP contribution in [0.15, 0.2) is 24.4 Å². The number of nitrogens with one attached hydrogen (secondary N) is 1. The molecular formula is C13H16N2S. The molecule has 1 aromatic carbocycles. The van der Waals surface area contributed by atoms with Crippen LogP contribution in [0.25, 0.3) is 10.4 Å². The van der Waals surface area contributed by atoms with Gasteiger partial charge in [-0.15, -0.1) is 11.3 Å². The van der Waals surface area contributed by atoms with Crippen LogP contribution in [0.2, 0.25) is 0 Å². The van der Waals surface area contributed by atoms with Gasteiger partial charge in [-0.3, -0.25) is 0 Å². The number of benzene rings is 1. The lowest BCUT2D eigenvalue weighted by Gasteiger charge is -2.03. The highest BCUT2D eigenvalue weighted by Gasteiger charge is 2.06. The molecule has 0 saturated carbocycles. The Hall–Kier alpha value is -1.19. The van der Waals surface area contributed by atoms with E-state index in [0.717, 1.165) is 11.6 Å². The lowest BCUT2D eigenvalue weighted by atomic mass is 10.1. The summed E-state index contributed by atoms with van der Waals surface area (Å²) in [6, 6.07) is 6.55. The lowest BCUT2D eigenvalue weighted by Crippen LogP contribution is -2.03. The van der Waals surface area contributed by atoms with Gasteiger partial charge in [0.15, 0.2) is 0 Å². The number of aromatic nitrogens is 1. The molecule has 0 aliphatic heterocycles. The largest absolute Gasteiger partial charge is 0.314 e. The predicted octanol–water partition coefficient (Wildman–Crippen LogP) is 3.15. The Morgan fingerprint density at radius 3 is 2.81 bits per heavy atom. The van der Waals surface area contributed by atoms with Gasteiger partial charge in [-0.05, 0) is 32.0 Å². The van der Waals surface area contributed by atoms with Crippen molar-refractivity contribution in [3.8, 4) is 10.4 Å². The smallest absolute Gasteiger partial charge is 0.107 e. The minimum absolute atomic E-state index is 0.843. The summed E-state index contributed by atoms with van der Waals surface area (Å²) in [4.78, 5) is 5.65. The van der Waals surface area contributed by atoms with Gasteiger partial charge in [0.05, 0.1) is 4.88 Å². The van der Waals surface area contributed by atoms with Crippen molar-refractivity contribution >= 4 is 11.3 Å². The summed E-state index contributed by atoms with van der Waals surface area (Å²) in [7, 11) is 1.94. The van der Waals surface area contributed by atoms with Gasteiger partial charge in [0.2, 0.25) is 0 Å². The van der Waals surface area contributed by atoms with Crippen molar-refractivity contribution in [2.24, 2.45) is 0 Å². The van der Waals surface area contributed by atoms with Crippen LogP contribution in [0.5, 0.6) is 0 Å². The molecule has 2 nitrogen and oxygen atoms in total. The molecule has 0 aliphatic rings. The molecule has 2 rings (SSSR count). The van der Waals surface area contributed by atoms with E-state index in [1.807, 2.05) is 13.2 Å². The Kier molecular flexibility index (Phi) is 3.36. The summed E-state index contributed by atoms with van der Waals surface area (Å²) in [6.07, 6.45) is 1.97. The van der Waals surface area contributed by atoms with Crippen LogP contribution < -0.4 is 5.32 Å². The first-order valence-electron chi connectivity index (χ1n) is 5.37. The minimum Gasteiger partial charge on any atom is -0.314 e. The van der Waals surface area contributed by atoms with E-state index in [0.29, 0.717) is 0 Å². The first-order valence-corrected chi connectivity index (χ1v) is 6.19. The van der Waals surface area contributed by atoms with Gasteiger partial charge in [-0.2, -0.15) is 0 Å². The van der Waals surface area contributed by atoms with Gasteiger partial charge >= 0.3 is 0 Å². The van der Waals surface area contributed by atoms with Crippen molar-refractivity contribution in [2.45, 2.75) is 20.4 Å². The molecule has 3 heteroatoms. The van der Waals surface area contributed by atoms with E-state index in [2.05, 4.69) is 42.3 Å². The normalized spacial score (nSPS) is 10.7. The number of nitrogens with zero attached hydrogens (tertiary/aromatic N) is 1. The molecular weight excluding hydrogens is 216 g/mol. The molecule has 0 spiro atoms. The third kappa shape index (κ3) is 2.31. The van der Waals surface area contributed by atoms with Crippen molar-refractivity contribution in [1.29, 1.82) is 0 Å². The molecule has 1 N–H and O–H groups in total. The van der Waals surface area contributed by atoms with E-state index >= 15 is 0 Å². The summed E-state index contributed by atoms with van der Waals surface area (Å²) < 4.78 is 0. The van der Waals surface area contributed by atoms with Crippen molar-refractivity contribution in [2.75, 3.05) is 7.05 Å². The first kappa shape index (κ1) is 11.3. The maximum atomic E-state index is 4.40. The van der Waals surface area contributed by atoms with E-state index in [9.17, 15) is 0 Å². The third-order valence-electron chi connectivity index (χ3n) is 2.53. The van der Waals surface area contributed by atoms with Crippen LogP contribution in [0.4, 0.5) is 0 Å². The number of aryl methyl sites for hydroxylation is 2. The molecule has 16 heavy (non-hydrogen) atoms. The zero-order chi connectivity index (χ0) is 11.5. The summed E-state index contributed by atoms with van der Waals surface area (Å²) in [5.41, 5.74) is 3.92. The second kappa shape index (κ2) is 4.76. The second-order valence-electron chi connectivity index (χ2n) is 3.97. The highest BCUT2D eigenvalue weighted by molar-refractivity contribution is 7.15. The third-order valence-corrected chi connectivity index (χ3v) is 3.56. The van der Waals surface area contributed by atoms with Crippen molar-refractivity contribution in [3.63, 3.8) is 0 Å². The Balaban J connectivity index is 2.35. The van der Waals surface area contributed by atoms with Crippen LogP contribution in [-0.4, -0.2) is 12.0 Å². The van der Waals surface area contributed by atoms with Gasteiger partial charge in [0.1, 0.15) is 5.01 Å². The molecule has 84 valence electrons. The van der Waals surface area contributed by atoms with Crippen molar-refractivity contribution < 1.29 is 0 Å². The molecule has 2 aromatic rings. The second-order valence-corrected chi connectivity index (χ2v) is 5.08. The first-order chi connectivity index (χ1) is 7.70. The standard InChI is InChI=1S/C13H16N2S/c1-9-4-5-11(10(2)6-9)12-7-15-13(16-12)8-14-3/h4-7,14H,8H2,1-3H3. The fourth-order valence-electron chi connectivity index (χ4n) is 1.76. The van der Waals surface area contributed by atoms with Gasteiger partial charge in [0.25, 0.3) is 0 Å². The number of hydrogen-bond donors (Lipinski definition) is 1. The highest BCUT2D eigenvalue weighted by atomic mass is 32.1. The van der Waals surface area contributed by atoms with Gasteiger partial charge in [-0.25, -0.2) is 4.98 Å². The minimum atomic E-state index is 0.843.